The number of sulfonamides is 1. The Balaban J connectivity index is 3.12. The topological polar surface area (TPSA) is 37.4 Å². The molecular formula is C9H10Br2F3NO2S2. The number of hydrogen-bond acceptors (Lipinski definition) is 3. The molecule has 0 fully saturated rings. The van der Waals surface area contributed by atoms with Crippen LogP contribution >= 0.6 is 43.2 Å². The largest absolute Gasteiger partial charge is 0.402 e. The predicted octanol–water partition coefficient (Wildman–Crippen LogP) is 3.77. The molecule has 0 bridgehead atoms. The van der Waals surface area contributed by atoms with Gasteiger partial charge in [-0.2, -0.15) is 17.5 Å². The van der Waals surface area contributed by atoms with Crippen molar-refractivity contribution in [1.82, 2.24) is 4.31 Å². The third-order valence-corrected chi connectivity index (χ3v) is 6.90. The summed E-state index contributed by atoms with van der Waals surface area (Å²) in [5.41, 5.74) is 0.675. The van der Waals surface area contributed by atoms with E-state index in [-0.39, 0.29) is 16.1 Å². The Hall–Kier alpha value is 0.360. The quantitative estimate of drug-likeness (QED) is 0.648. The van der Waals surface area contributed by atoms with E-state index in [1.807, 2.05) is 0 Å². The third-order valence-electron chi connectivity index (χ3n) is 2.12. The second-order valence-corrected chi connectivity index (χ2v) is 8.99. The van der Waals surface area contributed by atoms with E-state index < -0.39 is 22.7 Å². The molecule has 0 amide bonds. The zero-order valence-electron chi connectivity index (χ0n) is 9.67. The van der Waals surface area contributed by atoms with Gasteiger partial charge in [0.25, 0.3) is 10.0 Å². The molecule has 0 saturated heterocycles. The highest BCUT2D eigenvalue weighted by Gasteiger charge is 2.37. The van der Waals surface area contributed by atoms with Crippen molar-refractivity contribution < 1.29 is 21.6 Å². The molecule has 0 saturated carbocycles. The van der Waals surface area contributed by atoms with Crippen molar-refractivity contribution in [2.75, 3.05) is 18.4 Å². The van der Waals surface area contributed by atoms with Crippen LogP contribution in [0.5, 0.6) is 0 Å². The fourth-order valence-corrected chi connectivity index (χ4v) is 5.73. The molecule has 0 radical (unpaired) electrons. The third kappa shape index (κ3) is 4.69. The molecule has 0 spiro atoms. The number of alkyl halides is 4. The average molecular weight is 445 g/mol. The SMILES string of the molecule is Cc1cc(S(=O)(=O)N(CCBr)CC(F)(F)F)sc1Br. The second-order valence-electron chi connectivity index (χ2n) is 3.66. The molecule has 110 valence electrons. The standard InChI is InChI=1S/C9H10Br2F3NO2S2/c1-6-4-7(18-8(6)11)19(16,17)15(3-2-10)5-9(12,13)14/h4H,2-3,5H2,1H3. The molecule has 0 unspecified atom stereocenters. The van der Waals surface area contributed by atoms with E-state index in [0.29, 0.717) is 13.7 Å². The van der Waals surface area contributed by atoms with Crippen molar-refractivity contribution in [3.8, 4) is 0 Å². The van der Waals surface area contributed by atoms with Crippen LogP contribution in [0.25, 0.3) is 0 Å². The Bertz CT molecular complexity index is 523. The van der Waals surface area contributed by atoms with Gasteiger partial charge in [-0.15, -0.1) is 11.3 Å². The lowest BCUT2D eigenvalue weighted by Gasteiger charge is -2.21. The highest BCUT2D eigenvalue weighted by Crippen LogP contribution is 2.33. The van der Waals surface area contributed by atoms with Crippen LogP contribution in [0.1, 0.15) is 5.56 Å². The van der Waals surface area contributed by atoms with Gasteiger partial charge in [0.1, 0.15) is 10.8 Å². The van der Waals surface area contributed by atoms with Crippen LogP contribution in [0.3, 0.4) is 0 Å². The van der Waals surface area contributed by atoms with E-state index in [9.17, 15) is 21.6 Å². The lowest BCUT2D eigenvalue weighted by Crippen LogP contribution is -2.39. The summed E-state index contributed by atoms with van der Waals surface area (Å²) in [6.07, 6.45) is -4.57. The summed E-state index contributed by atoms with van der Waals surface area (Å²) in [5, 5.41) is 0.133. The van der Waals surface area contributed by atoms with Crippen molar-refractivity contribution in [3.05, 3.63) is 15.4 Å². The van der Waals surface area contributed by atoms with E-state index in [4.69, 9.17) is 0 Å². The first-order valence-corrected chi connectivity index (χ1v) is 9.14. The molecule has 0 atom stereocenters. The zero-order valence-corrected chi connectivity index (χ0v) is 14.5. The van der Waals surface area contributed by atoms with Crippen molar-refractivity contribution in [1.29, 1.82) is 0 Å². The minimum atomic E-state index is -4.57. The number of hydrogen-bond donors (Lipinski definition) is 0. The van der Waals surface area contributed by atoms with Crippen LogP contribution in [-0.2, 0) is 10.0 Å². The maximum atomic E-state index is 12.4. The lowest BCUT2D eigenvalue weighted by molar-refractivity contribution is -0.135. The summed E-state index contributed by atoms with van der Waals surface area (Å²) in [5.74, 6) is 0. The molecule has 1 heterocycles. The molecule has 0 aromatic carbocycles. The Morgan fingerprint density at radius 3 is 2.37 bits per heavy atom. The van der Waals surface area contributed by atoms with Crippen LogP contribution in [-0.4, -0.2) is 37.3 Å². The fourth-order valence-electron chi connectivity index (χ4n) is 1.26. The monoisotopic (exact) mass is 443 g/mol. The second kappa shape index (κ2) is 6.42. The summed E-state index contributed by atoms with van der Waals surface area (Å²) in [4.78, 5) is 0. The first-order chi connectivity index (χ1) is 8.58. The summed E-state index contributed by atoms with van der Waals surface area (Å²) >= 11 is 7.03. The Kier molecular flexibility index (Phi) is 5.88. The van der Waals surface area contributed by atoms with E-state index in [2.05, 4.69) is 31.9 Å². The van der Waals surface area contributed by atoms with Crippen molar-refractivity contribution in [2.45, 2.75) is 17.3 Å². The maximum Gasteiger partial charge on any atom is 0.402 e. The van der Waals surface area contributed by atoms with Gasteiger partial charge in [-0.25, -0.2) is 8.42 Å². The molecule has 10 heteroatoms. The van der Waals surface area contributed by atoms with Crippen molar-refractivity contribution in [3.63, 3.8) is 0 Å². The van der Waals surface area contributed by atoms with Crippen LogP contribution in [0.2, 0.25) is 0 Å². The van der Waals surface area contributed by atoms with Gasteiger partial charge in [0.2, 0.25) is 0 Å². The van der Waals surface area contributed by atoms with Gasteiger partial charge >= 0.3 is 6.18 Å². The first kappa shape index (κ1) is 17.4. The first-order valence-electron chi connectivity index (χ1n) is 4.96. The summed E-state index contributed by atoms with van der Waals surface area (Å²) in [7, 11) is -4.13. The van der Waals surface area contributed by atoms with Gasteiger partial charge in [-0.1, -0.05) is 15.9 Å². The summed E-state index contributed by atoms with van der Waals surface area (Å²) < 4.78 is 62.5. The van der Waals surface area contributed by atoms with Gasteiger partial charge in [0.05, 0.1) is 3.79 Å². The minimum Gasteiger partial charge on any atom is -0.206 e. The number of thiophene rings is 1. The lowest BCUT2D eigenvalue weighted by atomic mass is 10.4. The van der Waals surface area contributed by atoms with Crippen molar-refractivity contribution in [2.24, 2.45) is 0 Å². The molecule has 3 nitrogen and oxygen atoms in total. The Morgan fingerprint density at radius 1 is 1.42 bits per heavy atom. The average Bonchev–Trinajstić information content (AvgIpc) is 2.57. The highest BCUT2D eigenvalue weighted by molar-refractivity contribution is 9.11. The normalized spacial score (nSPS) is 13.2. The molecule has 0 aliphatic carbocycles. The van der Waals surface area contributed by atoms with Gasteiger partial charge < -0.3 is 0 Å². The number of nitrogens with zero attached hydrogens (tertiary/aromatic N) is 1. The van der Waals surface area contributed by atoms with Gasteiger partial charge in [0, 0.05) is 11.9 Å². The van der Waals surface area contributed by atoms with Gasteiger partial charge in [0.15, 0.2) is 0 Å². The molecule has 0 N–H and O–H groups in total. The molecular weight excluding hydrogens is 435 g/mol. The molecule has 0 aliphatic heterocycles. The molecule has 1 aromatic rings. The fraction of sp³-hybridized carbons (Fsp3) is 0.556. The van der Waals surface area contributed by atoms with Crippen LogP contribution in [0.15, 0.2) is 14.1 Å². The molecule has 0 aliphatic rings. The van der Waals surface area contributed by atoms with Crippen molar-refractivity contribution >= 4 is 53.2 Å². The Morgan fingerprint density at radius 2 is 2.00 bits per heavy atom. The van der Waals surface area contributed by atoms with E-state index in [1.165, 1.54) is 6.07 Å². The van der Waals surface area contributed by atoms with Gasteiger partial charge in [-0.05, 0) is 34.5 Å². The number of rotatable bonds is 5. The van der Waals surface area contributed by atoms with Crippen LogP contribution in [0.4, 0.5) is 13.2 Å². The van der Waals surface area contributed by atoms with E-state index >= 15 is 0 Å². The van der Waals surface area contributed by atoms with E-state index in [1.54, 1.807) is 6.92 Å². The molecule has 19 heavy (non-hydrogen) atoms. The van der Waals surface area contributed by atoms with E-state index in [0.717, 1.165) is 11.3 Å². The minimum absolute atomic E-state index is 0.0953. The highest BCUT2D eigenvalue weighted by atomic mass is 79.9. The van der Waals surface area contributed by atoms with Crippen LogP contribution in [0, 0.1) is 6.92 Å². The summed E-state index contributed by atoms with van der Waals surface area (Å²) in [6.45, 7) is -0.0515. The molecule has 1 aromatic heterocycles. The van der Waals surface area contributed by atoms with Crippen LogP contribution < -0.4 is 0 Å². The number of halogens is 5. The smallest absolute Gasteiger partial charge is 0.206 e. The number of aryl methyl sites for hydroxylation is 1. The summed E-state index contributed by atoms with van der Waals surface area (Å²) in [6, 6.07) is 1.36. The zero-order chi connectivity index (χ0) is 14.8. The Labute approximate surface area is 130 Å². The molecule has 1 rings (SSSR count). The maximum absolute atomic E-state index is 12.4. The van der Waals surface area contributed by atoms with Gasteiger partial charge in [-0.3, -0.25) is 0 Å². The predicted molar refractivity (Wildman–Crippen MR) is 75.4 cm³/mol.